The fourth-order valence-electron chi connectivity index (χ4n) is 5.27. The van der Waals surface area contributed by atoms with Crippen LogP contribution in [0, 0.1) is 5.92 Å². The lowest BCUT2D eigenvalue weighted by molar-refractivity contribution is -0.146. The average Bonchev–Trinajstić information content (AvgIpc) is 3.17. The molecule has 1 saturated carbocycles. The van der Waals surface area contributed by atoms with Gasteiger partial charge in [0.2, 0.25) is 5.91 Å². The number of methoxy groups -OCH3 is 1. The van der Waals surface area contributed by atoms with Crippen molar-refractivity contribution >= 4 is 23.3 Å². The summed E-state index contributed by atoms with van der Waals surface area (Å²) in [7, 11) is 1.45. The van der Waals surface area contributed by atoms with Crippen molar-refractivity contribution in [2.75, 3.05) is 50.2 Å². The standard InChI is InChI=1S/C23H33N3O4/c1-29-23(28)21-16-17-4-2-3-5-20(17)26(21)11-10-22(27)24-18-6-8-19(9-7-18)25-12-14-30-15-13-25/h6-9,17,20-21H,2-5,10-16H2,1H3,(H,24,27). The summed E-state index contributed by atoms with van der Waals surface area (Å²) in [5, 5.41) is 3.00. The van der Waals surface area contributed by atoms with Crippen LogP contribution >= 0.6 is 0 Å². The van der Waals surface area contributed by atoms with Gasteiger partial charge in [-0.3, -0.25) is 14.5 Å². The summed E-state index contributed by atoms with van der Waals surface area (Å²) in [5.74, 6) is 0.374. The van der Waals surface area contributed by atoms with Crippen molar-refractivity contribution in [3.63, 3.8) is 0 Å². The quantitative estimate of drug-likeness (QED) is 0.721. The Labute approximate surface area is 178 Å². The van der Waals surface area contributed by atoms with Crippen LogP contribution in [0.15, 0.2) is 24.3 Å². The number of likely N-dealkylation sites (tertiary alicyclic amines) is 1. The minimum absolute atomic E-state index is 0.0167. The van der Waals surface area contributed by atoms with E-state index in [1.807, 2.05) is 24.3 Å². The number of carbonyl (C=O) groups is 2. The van der Waals surface area contributed by atoms with Crippen LogP contribution in [-0.2, 0) is 19.1 Å². The third-order valence-electron chi connectivity index (χ3n) is 6.82. The number of morpholine rings is 1. The zero-order valence-electron chi connectivity index (χ0n) is 17.8. The molecule has 3 unspecified atom stereocenters. The molecule has 1 amide bonds. The molecule has 7 heteroatoms. The van der Waals surface area contributed by atoms with Gasteiger partial charge < -0.3 is 19.7 Å². The van der Waals surface area contributed by atoms with Gasteiger partial charge in [0, 0.05) is 43.5 Å². The predicted octanol–water partition coefficient (Wildman–Crippen LogP) is 2.66. The van der Waals surface area contributed by atoms with Crippen molar-refractivity contribution in [1.82, 2.24) is 4.90 Å². The third kappa shape index (κ3) is 4.78. The second kappa shape index (κ2) is 9.79. The van der Waals surface area contributed by atoms with E-state index in [-0.39, 0.29) is 17.9 Å². The highest BCUT2D eigenvalue weighted by Crippen LogP contribution is 2.40. The van der Waals surface area contributed by atoms with E-state index in [4.69, 9.17) is 9.47 Å². The van der Waals surface area contributed by atoms with Crippen molar-refractivity contribution in [1.29, 1.82) is 0 Å². The molecular formula is C23H33N3O4. The number of nitrogens with one attached hydrogen (secondary N) is 1. The van der Waals surface area contributed by atoms with Crippen LogP contribution in [0.5, 0.6) is 0 Å². The van der Waals surface area contributed by atoms with Crippen molar-refractivity contribution < 1.29 is 19.1 Å². The topological polar surface area (TPSA) is 71.1 Å². The Morgan fingerprint density at radius 3 is 2.60 bits per heavy atom. The number of anilines is 2. The molecule has 164 valence electrons. The highest BCUT2D eigenvalue weighted by molar-refractivity contribution is 5.91. The number of hydrogen-bond acceptors (Lipinski definition) is 6. The highest BCUT2D eigenvalue weighted by atomic mass is 16.5. The zero-order valence-corrected chi connectivity index (χ0v) is 17.8. The van der Waals surface area contributed by atoms with E-state index in [0.29, 0.717) is 24.9 Å². The van der Waals surface area contributed by atoms with Crippen molar-refractivity contribution in [3.05, 3.63) is 24.3 Å². The van der Waals surface area contributed by atoms with Crippen molar-refractivity contribution in [2.45, 2.75) is 50.6 Å². The van der Waals surface area contributed by atoms with Gasteiger partial charge in [0.05, 0.1) is 20.3 Å². The van der Waals surface area contributed by atoms with E-state index in [1.165, 1.54) is 26.4 Å². The fourth-order valence-corrected chi connectivity index (χ4v) is 5.27. The number of esters is 1. The number of ether oxygens (including phenoxy) is 2. The maximum absolute atomic E-state index is 12.6. The maximum atomic E-state index is 12.6. The normalized spacial score (nSPS) is 26.8. The van der Waals surface area contributed by atoms with Gasteiger partial charge in [-0.15, -0.1) is 0 Å². The molecule has 1 aliphatic carbocycles. The molecule has 2 aliphatic heterocycles. The minimum Gasteiger partial charge on any atom is -0.468 e. The number of nitrogens with zero attached hydrogens (tertiary/aromatic N) is 2. The lowest BCUT2D eigenvalue weighted by Gasteiger charge is -2.33. The van der Waals surface area contributed by atoms with E-state index in [2.05, 4.69) is 15.1 Å². The summed E-state index contributed by atoms with van der Waals surface area (Å²) in [6, 6.07) is 8.19. The molecule has 4 rings (SSSR count). The smallest absolute Gasteiger partial charge is 0.323 e. The van der Waals surface area contributed by atoms with Gasteiger partial charge in [0.15, 0.2) is 0 Å². The van der Waals surface area contributed by atoms with Crippen molar-refractivity contribution in [3.8, 4) is 0 Å². The third-order valence-corrected chi connectivity index (χ3v) is 6.82. The van der Waals surface area contributed by atoms with Gasteiger partial charge in [0.1, 0.15) is 6.04 Å². The van der Waals surface area contributed by atoms with E-state index in [9.17, 15) is 9.59 Å². The first kappa shape index (κ1) is 21.1. The fraction of sp³-hybridized carbons (Fsp3) is 0.652. The second-order valence-corrected chi connectivity index (χ2v) is 8.57. The molecule has 0 spiro atoms. The number of amides is 1. The minimum atomic E-state index is -0.205. The van der Waals surface area contributed by atoms with Crippen LogP contribution in [0.1, 0.15) is 38.5 Å². The van der Waals surface area contributed by atoms with Crippen LogP contribution < -0.4 is 10.2 Å². The molecule has 3 atom stereocenters. The van der Waals surface area contributed by atoms with Crippen molar-refractivity contribution in [2.24, 2.45) is 5.92 Å². The number of benzene rings is 1. The summed E-state index contributed by atoms with van der Waals surface area (Å²) in [6.45, 7) is 3.89. The van der Waals surface area contributed by atoms with E-state index < -0.39 is 0 Å². The molecule has 1 aromatic carbocycles. The molecule has 30 heavy (non-hydrogen) atoms. The van der Waals surface area contributed by atoms with E-state index >= 15 is 0 Å². The maximum Gasteiger partial charge on any atom is 0.323 e. The number of fused-ring (bicyclic) bond motifs is 1. The molecule has 1 N–H and O–H groups in total. The van der Waals surface area contributed by atoms with Crippen LogP contribution in [0.2, 0.25) is 0 Å². The molecule has 7 nitrogen and oxygen atoms in total. The van der Waals surface area contributed by atoms with Crippen LogP contribution in [0.3, 0.4) is 0 Å². The number of carbonyl (C=O) groups excluding carboxylic acids is 2. The molecule has 1 aromatic rings. The highest BCUT2D eigenvalue weighted by Gasteiger charge is 2.45. The predicted molar refractivity (Wildman–Crippen MR) is 116 cm³/mol. The molecule has 2 heterocycles. The zero-order chi connectivity index (χ0) is 20.9. The molecule has 3 aliphatic rings. The van der Waals surface area contributed by atoms with Gasteiger partial charge in [-0.2, -0.15) is 0 Å². The first-order valence-corrected chi connectivity index (χ1v) is 11.2. The number of hydrogen-bond donors (Lipinski definition) is 1. The first-order valence-electron chi connectivity index (χ1n) is 11.2. The lowest BCUT2D eigenvalue weighted by Crippen LogP contribution is -2.44. The Bertz CT molecular complexity index is 732. The van der Waals surface area contributed by atoms with Gasteiger partial charge in [-0.1, -0.05) is 12.8 Å². The Kier molecular flexibility index (Phi) is 6.89. The van der Waals surface area contributed by atoms with E-state index in [0.717, 1.165) is 50.5 Å². The van der Waals surface area contributed by atoms with Gasteiger partial charge in [-0.05, 0) is 49.4 Å². The Hall–Kier alpha value is -2.12. The Balaban J connectivity index is 1.31. The number of rotatable bonds is 6. The Morgan fingerprint density at radius 1 is 1.13 bits per heavy atom. The second-order valence-electron chi connectivity index (χ2n) is 8.57. The van der Waals surface area contributed by atoms with Crippen LogP contribution in [-0.4, -0.2) is 68.8 Å². The summed E-state index contributed by atoms with van der Waals surface area (Å²) in [5.41, 5.74) is 1.95. The largest absolute Gasteiger partial charge is 0.468 e. The molecule has 2 saturated heterocycles. The average molecular weight is 416 g/mol. The van der Waals surface area contributed by atoms with Crippen LogP contribution in [0.4, 0.5) is 11.4 Å². The summed E-state index contributed by atoms with van der Waals surface area (Å²) >= 11 is 0. The van der Waals surface area contributed by atoms with Gasteiger partial charge in [-0.25, -0.2) is 0 Å². The summed E-state index contributed by atoms with van der Waals surface area (Å²) in [4.78, 5) is 29.4. The monoisotopic (exact) mass is 415 g/mol. The molecule has 0 bridgehead atoms. The van der Waals surface area contributed by atoms with Crippen LogP contribution in [0.25, 0.3) is 0 Å². The molecule has 3 fully saturated rings. The Morgan fingerprint density at radius 2 is 1.87 bits per heavy atom. The summed E-state index contributed by atoms with van der Waals surface area (Å²) < 4.78 is 10.4. The van der Waals surface area contributed by atoms with Gasteiger partial charge >= 0.3 is 5.97 Å². The first-order chi connectivity index (χ1) is 14.7. The molecule has 0 aromatic heterocycles. The molecule has 0 radical (unpaired) electrons. The van der Waals surface area contributed by atoms with E-state index in [1.54, 1.807) is 0 Å². The summed E-state index contributed by atoms with van der Waals surface area (Å²) in [6.07, 6.45) is 5.97. The lowest BCUT2D eigenvalue weighted by atomic mass is 9.85. The molecular weight excluding hydrogens is 382 g/mol. The van der Waals surface area contributed by atoms with Gasteiger partial charge in [0.25, 0.3) is 0 Å². The SMILES string of the molecule is COC(=O)C1CC2CCCCC2N1CCC(=O)Nc1ccc(N2CCOCC2)cc1.